The molecule has 176 valence electrons. The number of benzene rings is 2. The van der Waals surface area contributed by atoms with Crippen LogP contribution in [-0.4, -0.2) is 56.0 Å². The van der Waals surface area contributed by atoms with Crippen molar-refractivity contribution in [2.45, 2.75) is 31.8 Å². The van der Waals surface area contributed by atoms with Gasteiger partial charge in [-0.2, -0.15) is 4.98 Å². The molecule has 2 aromatic heterocycles. The summed E-state index contributed by atoms with van der Waals surface area (Å²) < 4.78 is 13.1. The minimum atomic E-state index is 0.0222. The predicted molar refractivity (Wildman–Crippen MR) is 127 cm³/mol. The number of ether oxygens (including phenoxy) is 1. The number of aliphatic hydroxyl groups is 1. The van der Waals surface area contributed by atoms with Gasteiger partial charge in [-0.15, -0.1) is 0 Å². The van der Waals surface area contributed by atoms with Crippen LogP contribution in [0.3, 0.4) is 0 Å². The van der Waals surface area contributed by atoms with Crippen LogP contribution in [0.25, 0.3) is 11.5 Å². The molecule has 0 unspecified atom stereocenters. The van der Waals surface area contributed by atoms with Gasteiger partial charge in [-0.1, -0.05) is 35.5 Å². The van der Waals surface area contributed by atoms with Crippen molar-refractivity contribution in [1.29, 1.82) is 0 Å². The van der Waals surface area contributed by atoms with Crippen molar-refractivity contribution in [3.63, 3.8) is 0 Å². The molecule has 1 N–H and O–H groups in total. The molecule has 1 aliphatic heterocycles. The topological polar surface area (TPSA) is 89.4 Å². The maximum atomic E-state index is 8.96. The Morgan fingerprint density at radius 3 is 2.71 bits per heavy atom. The zero-order valence-electron chi connectivity index (χ0n) is 19.1. The van der Waals surface area contributed by atoms with Gasteiger partial charge in [0.1, 0.15) is 18.2 Å². The van der Waals surface area contributed by atoms with Crippen LogP contribution in [0, 0.1) is 0 Å². The van der Waals surface area contributed by atoms with Crippen LogP contribution >= 0.6 is 0 Å². The summed E-state index contributed by atoms with van der Waals surface area (Å²) in [5.41, 5.74) is 2.15. The number of aromatic nitrogens is 4. The van der Waals surface area contributed by atoms with Crippen LogP contribution in [0.4, 0.5) is 0 Å². The number of hydrogen-bond acceptors (Lipinski definition) is 7. The molecule has 1 saturated heterocycles. The Hall–Kier alpha value is -3.49. The molecule has 0 bridgehead atoms. The normalized spacial score (nSPS) is 15.0. The lowest BCUT2D eigenvalue weighted by Crippen LogP contribution is -2.33. The number of hydrogen-bond donors (Lipinski definition) is 1. The van der Waals surface area contributed by atoms with Crippen molar-refractivity contribution in [3.8, 4) is 17.2 Å². The molecular weight excluding hydrogens is 430 g/mol. The second-order valence-electron chi connectivity index (χ2n) is 8.57. The minimum Gasteiger partial charge on any atom is -0.491 e. The van der Waals surface area contributed by atoms with Gasteiger partial charge in [0, 0.05) is 30.4 Å². The molecule has 5 rings (SSSR count). The molecule has 1 aliphatic rings. The second kappa shape index (κ2) is 10.6. The molecule has 2 aromatic carbocycles. The van der Waals surface area contributed by atoms with Gasteiger partial charge in [-0.25, -0.2) is 4.98 Å². The third kappa shape index (κ3) is 5.35. The van der Waals surface area contributed by atoms with Crippen LogP contribution in [0.15, 0.2) is 71.5 Å². The standard InChI is InChI=1S/C26H29N5O3/c32-15-16-33-23-8-4-5-20(17-23)18-30-12-9-21(10-13-30)25-27-11-14-31(25)19-24-28-26(34-29-24)22-6-2-1-3-7-22/h1-8,11,14,17,21,32H,9-10,12-13,15-16,18-19H2. The van der Waals surface area contributed by atoms with Gasteiger partial charge in [0.15, 0.2) is 5.82 Å². The number of likely N-dealkylation sites (tertiary alicyclic amines) is 1. The SMILES string of the molecule is OCCOc1cccc(CN2CCC(c3nccn3Cc3noc(-c4ccccc4)n3)CC2)c1. The van der Waals surface area contributed by atoms with Crippen molar-refractivity contribution < 1.29 is 14.4 Å². The van der Waals surface area contributed by atoms with E-state index in [9.17, 15) is 0 Å². The molecular formula is C26H29N5O3. The molecule has 0 radical (unpaired) electrons. The molecule has 8 heteroatoms. The van der Waals surface area contributed by atoms with Gasteiger partial charge in [-0.05, 0) is 55.8 Å². The van der Waals surface area contributed by atoms with Crippen molar-refractivity contribution in [2.24, 2.45) is 0 Å². The number of rotatable bonds is 9. The zero-order chi connectivity index (χ0) is 23.2. The maximum absolute atomic E-state index is 8.96. The van der Waals surface area contributed by atoms with Gasteiger partial charge >= 0.3 is 0 Å². The molecule has 3 heterocycles. The summed E-state index contributed by atoms with van der Waals surface area (Å²) in [5.74, 6) is 3.49. The van der Waals surface area contributed by atoms with E-state index in [-0.39, 0.29) is 6.61 Å². The number of piperidine rings is 1. The Labute approximate surface area is 198 Å². The highest BCUT2D eigenvalue weighted by molar-refractivity contribution is 5.51. The highest BCUT2D eigenvalue weighted by Gasteiger charge is 2.24. The van der Waals surface area contributed by atoms with Crippen LogP contribution in [-0.2, 0) is 13.1 Å². The summed E-state index contributed by atoms with van der Waals surface area (Å²) >= 11 is 0. The van der Waals surface area contributed by atoms with Crippen molar-refractivity contribution in [2.75, 3.05) is 26.3 Å². The van der Waals surface area contributed by atoms with E-state index in [1.54, 1.807) is 0 Å². The lowest BCUT2D eigenvalue weighted by atomic mass is 9.95. The lowest BCUT2D eigenvalue weighted by Gasteiger charge is -2.32. The van der Waals surface area contributed by atoms with Crippen molar-refractivity contribution in [1.82, 2.24) is 24.6 Å². The average molecular weight is 460 g/mol. The fraction of sp³-hybridized carbons (Fsp3) is 0.346. The van der Waals surface area contributed by atoms with Gasteiger partial charge in [-0.3, -0.25) is 4.90 Å². The molecule has 34 heavy (non-hydrogen) atoms. The van der Waals surface area contributed by atoms with E-state index >= 15 is 0 Å². The summed E-state index contributed by atoms with van der Waals surface area (Å²) in [7, 11) is 0. The summed E-state index contributed by atoms with van der Waals surface area (Å²) in [4.78, 5) is 11.7. The number of nitrogens with zero attached hydrogens (tertiary/aromatic N) is 5. The van der Waals surface area contributed by atoms with E-state index in [0.717, 1.165) is 49.6 Å². The molecule has 0 aliphatic carbocycles. The third-order valence-corrected chi connectivity index (χ3v) is 6.17. The molecule has 4 aromatic rings. The van der Waals surface area contributed by atoms with Crippen molar-refractivity contribution in [3.05, 3.63) is 84.2 Å². The number of aliphatic hydroxyl groups excluding tert-OH is 1. The smallest absolute Gasteiger partial charge is 0.257 e. The fourth-order valence-corrected chi connectivity index (χ4v) is 4.49. The first-order valence-electron chi connectivity index (χ1n) is 11.7. The Kier molecular flexibility index (Phi) is 6.97. The predicted octanol–water partition coefficient (Wildman–Crippen LogP) is 3.73. The Bertz CT molecular complexity index is 1180. The monoisotopic (exact) mass is 459 g/mol. The molecule has 8 nitrogen and oxygen atoms in total. The summed E-state index contributed by atoms with van der Waals surface area (Å²) in [5, 5.41) is 13.1. The van der Waals surface area contributed by atoms with E-state index in [1.165, 1.54) is 5.56 Å². The van der Waals surface area contributed by atoms with Crippen molar-refractivity contribution >= 4 is 0 Å². The Morgan fingerprint density at radius 1 is 1.03 bits per heavy atom. The Morgan fingerprint density at radius 2 is 1.88 bits per heavy atom. The van der Waals surface area contributed by atoms with E-state index in [2.05, 4.69) is 36.7 Å². The summed E-state index contributed by atoms with van der Waals surface area (Å²) in [6, 6.07) is 17.9. The van der Waals surface area contributed by atoms with Gasteiger partial charge < -0.3 is 18.9 Å². The third-order valence-electron chi connectivity index (χ3n) is 6.17. The first-order valence-corrected chi connectivity index (χ1v) is 11.7. The molecule has 0 amide bonds. The largest absolute Gasteiger partial charge is 0.491 e. The molecule has 0 spiro atoms. The van der Waals surface area contributed by atoms with E-state index in [0.29, 0.717) is 30.8 Å². The average Bonchev–Trinajstić information content (AvgIpc) is 3.54. The molecule has 0 atom stereocenters. The quantitative estimate of drug-likeness (QED) is 0.408. The number of imidazole rings is 1. The lowest BCUT2D eigenvalue weighted by molar-refractivity contribution is 0.196. The van der Waals surface area contributed by atoms with Crippen LogP contribution in [0.5, 0.6) is 5.75 Å². The van der Waals surface area contributed by atoms with Gasteiger partial charge in [0.25, 0.3) is 5.89 Å². The second-order valence-corrected chi connectivity index (χ2v) is 8.57. The molecule has 0 saturated carbocycles. The highest BCUT2D eigenvalue weighted by atomic mass is 16.5. The first-order chi connectivity index (χ1) is 16.8. The summed E-state index contributed by atoms with van der Waals surface area (Å²) in [6.07, 6.45) is 5.97. The van der Waals surface area contributed by atoms with Crippen LogP contribution in [0.1, 0.15) is 36.0 Å². The summed E-state index contributed by atoms with van der Waals surface area (Å²) in [6.45, 7) is 3.81. The first kappa shape index (κ1) is 22.3. The highest BCUT2D eigenvalue weighted by Crippen LogP contribution is 2.28. The van der Waals surface area contributed by atoms with Gasteiger partial charge in [0.05, 0.1) is 13.2 Å². The van der Waals surface area contributed by atoms with E-state index in [4.69, 9.17) is 14.4 Å². The van der Waals surface area contributed by atoms with Gasteiger partial charge in [0.2, 0.25) is 0 Å². The maximum Gasteiger partial charge on any atom is 0.257 e. The fourth-order valence-electron chi connectivity index (χ4n) is 4.49. The van der Waals surface area contributed by atoms with Crippen LogP contribution in [0.2, 0.25) is 0 Å². The minimum absolute atomic E-state index is 0.0222. The van der Waals surface area contributed by atoms with E-state index in [1.807, 2.05) is 54.9 Å². The Balaban J connectivity index is 1.18. The molecule has 1 fully saturated rings. The van der Waals surface area contributed by atoms with E-state index < -0.39 is 0 Å². The zero-order valence-corrected chi connectivity index (χ0v) is 19.1. The van der Waals surface area contributed by atoms with Crippen LogP contribution < -0.4 is 4.74 Å².